The lowest BCUT2D eigenvalue weighted by molar-refractivity contribution is 0.737. The number of aromatic amines is 1. The number of nitrogens with zero attached hydrogens (tertiary/aromatic N) is 2. The highest BCUT2D eigenvalue weighted by molar-refractivity contribution is 5.78. The van der Waals surface area contributed by atoms with Gasteiger partial charge >= 0.3 is 0 Å². The summed E-state index contributed by atoms with van der Waals surface area (Å²) < 4.78 is 0. The van der Waals surface area contributed by atoms with Crippen molar-refractivity contribution in [3.05, 3.63) is 54.9 Å². The molecule has 1 N–H and O–H groups in total. The SMILES string of the molecule is C1=C[N+](c2[nH]ccc2-c2ccccc2)N=C1. The average molecular weight is 209 g/mol. The normalized spacial score (nSPS) is 14.8. The van der Waals surface area contributed by atoms with Crippen LogP contribution in [0.4, 0.5) is 5.82 Å². The maximum atomic E-state index is 4.23. The third-order valence-corrected chi connectivity index (χ3v) is 2.54. The summed E-state index contributed by atoms with van der Waals surface area (Å²) in [7, 11) is 0. The van der Waals surface area contributed by atoms with Gasteiger partial charge in [-0.15, -0.1) is 0 Å². The lowest BCUT2D eigenvalue weighted by Crippen LogP contribution is -2.06. The predicted molar refractivity (Wildman–Crippen MR) is 65.7 cm³/mol. The lowest BCUT2D eigenvalue weighted by Gasteiger charge is -1.99. The van der Waals surface area contributed by atoms with Crippen LogP contribution in [0.2, 0.25) is 0 Å². The Morgan fingerprint density at radius 1 is 1.06 bits per heavy atom. The highest BCUT2D eigenvalue weighted by atomic mass is 15.5. The molecule has 0 spiro atoms. The van der Waals surface area contributed by atoms with Crippen molar-refractivity contribution in [2.45, 2.75) is 0 Å². The molecule has 0 saturated heterocycles. The first-order valence-electron chi connectivity index (χ1n) is 5.18. The Morgan fingerprint density at radius 3 is 2.69 bits per heavy atom. The van der Waals surface area contributed by atoms with E-state index in [0.717, 1.165) is 11.4 Å². The quantitative estimate of drug-likeness (QED) is 0.738. The summed E-state index contributed by atoms with van der Waals surface area (Å²) in [6.45, 7) is 0. The topological polar surface area (TPSA) is 34.0 Å². The third kappa shape index (κ3) is 1.47. The molecule has 2 aromatic rings. The van der Waals surface area contributed by atoms with Crippen LogP contribution in [0.1, 0.15) is 0 Å². The monoisotopic (exact) mass is 209 g/mol. The van der Waals surface area contributed by atoms with Gasteiger partial charge in [0.25, 0.3) is 5.82 Å². The van der Waals surface area contributed by atoms with Crippen molar-refractivity contribution < 1.29 is 0 Å². The molecule has 0 saturated carbocycles. The number of allylic oxidation sites excluding steroid dienone is 1. The van der Waals surface area contributed by atoms with Crippen LogP contribution in [-0.4, -0.2) is 11.2 Å². The first kappa shape index (κ1) is 9.12. The van der Waals surface area contributed by atoms with Crippen molar-refractivity contribution in [3.63, 3.8) is 0 Å². The lowest BCUT2D eigenvalue weighted by atomic mass is 10.1. The summed E-state index contributed by atoms with van der Waals surface area (Å²) in [5.41, 5.74) is 2.35. The van der Waals surface area contributed by atoms with E-state index in [4.69, 9.17) is 0 Å². The molecule has 2 heterocycles. The molecule has 1 aliphatic heterocycles. The Labute approximate surface area is 93.7 Å². The van der Waals surface area contributed by atoms with Crippen molar-refractivity contribution in [2.24, 2.45) is 5.10 Å². The average Bonchev–Trinajstić information content (AvgIpc) is 3.01. The summed E-state index contributed by atoms with van der Waals surface area (Å²) in [5.74, 6) is 0.996. The second-order valence-electron chi connectivity index (χ2n) is 3.56. The van der Waals surface area contributed by atoms with Gasteiger partial charge in [0.1, 0.15) is 0 Å². The Bertz CT molecular complexity index is 525. The van der Waals surface area contributed by atoms with Gasteiger partial charge in [-0.05, 0) is 16.7 Å². The number of anilines is 1. The van der Waals surface area contributed by atoms with Crippen molar-refractivity contribution in [1.82, 2.24) is 9.99 Å². The van der Waals surface area contributed by atoms with Crippen LogP contribution in [0.15, 0.2) is 60.0 Å². The summed E-state index contributed by atoms with van der Waals surface area (Å²) in [5, 5.41) is 6.07. The van der Waals surface area contributed by atoms with Gasteiger partial charge in [-0.3, -0.25) is 0 Å². The van der Waals surface area contributed by atoms with Crippen LogP contribution in [0.5, 0.6) is 0 Å². The highest BCUT2D eigenvalue weighted by Gasteiger charge is 2.24. The van der Waals surface area contributed by atoms with Gasteiger partial charge in [-0.2, -0.15) is 0 Å². The van der Waals surface area contributed by atoms with Gasteiger partial charge in [0.05, 0.1) is 16.8 Å². The Hall–Kier alpha value is -2.13. The molecule has 77 valence electrons. The molecule has 0 unspecified atom stereocenters. The van der Waals surface area contributed by atoms with E-state index in [9.17, 15) is 0 Å². The molecule has 3 heteroatoms. The first-order chi connectivity index (χ1) is 7.95. The van der Waals surface area contributed by atoms with Gasteiger partial charge < -0.3 is 4.98 Å². The number of rotatable bonds is 2. The largest absolute Gasteiger partial charge is 0.310 e. The van der Waals surface area contributed by atoms with Gasteiger partial charge in [0.15, 0.2) is 6.20 Å². The van der Waals surface area contributed by atoms with Gasteiger partial charge in [-0.25, -0.2) is 0 Å². The first-order valence-corrected chi connectivity index (χ1v) is 5.18. The molecule has 0 fully saturated rings. The van der Waals surface area contributed by atoms with E-state index in [0.29, 0.717) is 0 Å². The van der Waals surface area contributed by atoms with E-state index in [-0.39, 0.29) is 0 Å². The van der Waals surface area contributed by atoms with Crippen LogP contribution < -0.4 is 5.01 Å². The zero-order valence-corrected chi connectivity index (χ0v) is 8.67. The van der Waals surface area contributed by atoms with Crippen molar-refractivity contribution in [2.75, 3.05) is 0 Å². The van der Waals surface area contributed by atoms with Crippen LogP contribution in [-0.2, 0) is 0 Å². The standard InChI is InChI=1S/C13H11N3/c1-2-5-11(6-3-1)12-7-9-14-13(12)16-10-4-8-15-16/h1-10,14H/q+1. The minimum Gasteiger partial charge on any atom is -0.310 e. The van der Waals surface area contributed by atoms with Gasteiger partial charge in [-0.1, -0.05) is 30.3 Å². The van der Waals surface area contributed by atoms with Crippen LogP contribution in [0.3, 0.4) is 0 Å². The number of H-pyrrole nitrogens is 1. The molecule has 16 heavy (non-hydrogen) atoms. The second-order valence-corrected chi connectivity index (χ2v) is 3.56. The zero-order chi connectivity index (χ0) is 10.8. The maximum Gasteiger partial charge on any atom is 0.298 e. The third-order valence-electron chi connectivity index (χ3n) is 2.54. The van der Waals surface area contributed by atoms with Crippen LogP contribution in [0.25, 0.3) is 11.1 Å². The van der Waals surface area contributed by atoms with E-state index in [1.54, 1.807) is 6.21 Å². The van der Waals surface area contributed by atoms with Crippen LogP contribution in [0, 0.1) is 0 Å². The van der Waals surface area contributed by atoms with E-state index in [2.05, 4.69) is 28.3 Å². The molecule has 0 aliphatic carbocycles. The molecule has 0 amide bonds. The molecular weight excluding hydrogens is 198 g/mol. The van der Waals surface area contributed by atoms with Crippen LogP contribution >= 0.6 is 0 Å². The minimum absolute atomic E-state index is 0.996. The van der Waals surface area contributed by atoms with E-state index in [1.807, 2.05) is 41.7 Å². The molecule has 1 radical (unpaired) electrons. The Morgan fingerprint density at radius 2 is 1.94 bits per heavy atom. The fourth-order valence-electron chi connectivity index (χ4n) is 1.80. The molecule has 1 aliphatic rings. The van der Waals surface area contributed by atoms with E-state index < -0.39 is 0 Å². The zero-order valence-electron chi connectivity index (χ0n) is 8.67. The minimum atomic E-state index is 0.996. The summed E-state index contributed by atoms with van der Waals surface area (Å²) >= 11 is 0. The molecule has 3 nitrogen and oxygen atoms in total. The maximum absolute atomic E-state index is 4.23. The number of benzene rings is 1. The smallest absolute Gasteiger partial charge is 0.298 e. The van der Waals surface area contributed by atoms with Gasteiger partial charge in [0.2, 0.25) is 0 Å². The number of hydrazone groups is 1. The van der Waals surface area contributed by atoms with Crippen molar-refractivity contribution in [1.29, 1.82) is 0 Å². The summed E-state index contributed by atoms with van der Waals surface area (Å²) in [4.78, 5) is 3.21. The molecule has 1 aromatic heterocycles. The number of hydrogen-bond donors (Lipinski definition) is 1. The van der Waals surface area contributed by atoms with Crippen molar-refractivity contribution >= 4 is 12.0 Å². The Kier molecular flexibility index (Phi) is 2.16. The fourth-order valence-corrected chi connectivity index (χ4v) is 1.80. The molecule has 0 atom stereocenters. The highest BCUT2D eigenvalue weighted by Crippen LogP contribution is 2.30. The second kappa shape index (κ2) is 3.79. The molecule has 0 bridgehead atoms. The number of hydrogen-bond acceptors (Lipinski definition) is 2. The Balaban J connectivity index is 2.06. The number of aromatic nitrogens is 1. The van der Waals surface area contributed by atoms with E-state index >= 15 is 0 Å². The fraction of sp³-hybridized carbons (Fsp3) is 0. The van der Waals surface area contributed by atoms with E-state index in [1.165, 1.54) is 5.56 Å². The number of nitrogens with one attached hydrogen (secondary N) is 1. The molecule has 3 rings (SSSR count). The molecule has 1 aromatic carbocycles. The predicted octanol–water partition coefficient (Wildman–Crippen LogP) is 2.97. The van der Waals surface area contributed by atoms with Crippen molar-refractivity contribution in [3.8, 4) is 11.1 Å². The summed E-state index contributed by atoms with van der Waals surface area (Å²) in [6, 6.07) is 12.3. The van der Waals surface area contributed by atoms with Gasteiger partial charge in [0, 0.05) is 12.3 Å². The summed E-state index contributed by atoms with van der Waals surface area (Å²) in [6.07, 6.45) is 7.54. The molecular formula is C13H11N3+.